The molecule has 0 rings (SSSR count). The predicted molar refractivity (Wildman–Crippen MR) is 211 cm³/mol. The molecule has 0 spiro atoms. The van der Waals surface area contributed by atoms with Crippen LogP contribution >= 0.6 is 7.82 Å². The zero-order valence-electron chi connectivity index (χ0n) is 32.6. The fourth-order valence-corrected chi connectivity index (χ4v) is 5.61. The van der Waals surface area contributed by atoms with Gasteiger partial charge in [-0.25, -0.2) is 4.57 Å². The Bertz CT molecular complexity index is 1110. The van der Waals surface area contributed by atoms with E-state index < -0.39 is 57.4 Å². The zero-order chi connectivity index (χ0) is 39.6. The zero-order valence-corrected chi connectivity index (χ0v) is 33.5. The first kappa shape index (κ1) is 50.6. The van der Waals surface area contributed by atoms with Crippen molar-refractivity contribution in [3.63, 3.8) is 0 Å². The van der Waals surface area contributed by atoms with Gasteiger partial charge in [0.25, 0.3) is 0 Å². The topological polar surface area (TPSA) is 180 Å². The van der Waals surface area contributed by atoms with Gasteiger partial charge in [-0.1, -0.05) is 159 Å². The Labute approximate surface area is 319 Å². The number of carbonyl (C=O) groups is 2. The highest BCUT2D eigenvalue weighted by Crippen LogP contribution is 2.36. The van der Waals surface area contributed by atoms with E-state index >= 15 is 0 Å². The maximum absolute atomic E-state index is 12.4. The lowest BCUT2D eigenvalue weighted by Gasteiger charge is -2.18. The van der Waals surface area contributed by atoms with E-state index in [1.807, 2.05) is 19.1 Å². The van der Waals surface area contributed by atoms with Crippen molar-refractivity contribution in [2.45, 2.75) is 167 Å². The van der Waals surface area contributed by atoms with Gasteiger partial charge in [-0.05, 0) is 38.0 Å². The van der Waals surface area contributed by atoms with E-state index in [4.69, 9.17) is 19.3 Å². The van der Waals surface area contributed by atoms with E-state index in [1.54, 1.807) is 42.5 Å². The largest absolute Gasteiger partial charge is 0.469 e. The van der Waals surface area contributed by atoms with Crippen LogP contribution in [0.3, 0.4) is 0 Å². The third-order valence-corrected chi connectivity index (χ3v) is 8.81. The number of hydrogen-bond donors (Lipinski definition) is 5. The lowest BCUT2D eigenvalue weighted by Crippen LogP contribution is -2.29. The molecule has 0 aliphatic heterocycles. The molecule has 0 radical (unpaired) electrons. The SMILES string of the molecule is CC/C=C\C[C@@H](O)/C=C/C=C/C=C\C=C/[C@H](O)[C@@H](O)CCCC(=O)OC[C@H](COP(=O)(O)O)OC(=O)CCCCCCCCCCCCCCC(C)C. The molecule has 4 atom stereocenters. The highest BCUT2D eigenvalue weighted by Gasteiger charge is 2.23. The highest BCUT2D eigenvalue weighted by atomic mass is 31.2. The van der Waals surface area contributed by atoms with Crippen molar-refractivity contribution < 1.29 is 53.3 Å². The molecular weight excluding hydrogens is 699 g/mol. The third-order valence-electron chi connectivity index (χ3n) is 8.32. The first-order chi connectivity index (χ1) is 25.3. The molecule has 0 aliphatic rings. The van der Waals surface area contributed by atoms with Crippen LogP contribution in [0.15, 0.2) is 60.8 Å². The van der Waals surface area contributed by atoms with Crippen LogP contribution in [0, 0.1) is 5.92 Å². The molecule has 0 amide bonds. The van der Waals surface area contributed by atoms with Crippen LogP contribution in [0.25, 0.3) is 0 Å². The van der Waals surface area contributed by atoms with E-state index in [9.17, 15) is 29.5 Å². The van der Waals surface area contributed by atoms with Gasteiger partial charge in [-0.2, -0.15) is 0 Å². The van der Waals surface area contributed by atoms with E-state index in [1.165, 1.54) is 63.9 Å². The minimum absolute atomic E-state index is 0.0895. The van der Waals surface area contributed by atoms with Crippen molar-refractivity contribution >= 4 is 19.8 Å². The molecular formula is C41H71O11P. The number of carbonyl (C=O) groups excluding carboxylic acids is 2. The number of ether oxygens (including phenoxy) is 2. The summed E-state index contributed by atoms with van der Waals surface area (Å²) in [5.74, 6) is -0.425. The number of rotatable bonds is 34. The Morgan fingerprint density at radius 1 is 0.642 bits per heavy atom. The number of aliphatic hydroxyl groups is 3. The van der Waals surface area contributed by atoms with E-state index in [-0.39, 0.29) is 25.7 Å². The van der Waals surface area contributed by atoms with Crippen LogP contribution in [0.5, 0.6) is 0 Å². The third kappa shape index (κ3) is 36.4. The molecule has 0 heterocycles. The average molecular weight is 771 g/mol. The van der Waals surface area contributed by atoms with Gasteiger partial charge in [-0.3, -0.25) is 14.1 Å². The van der Waals surface area contributed by atoms with Gasteiger partial charge in [-0.15, -0.1) is 0 Å². The fraction of sp³-hybridized carbons (Fsp3) is 0.707. The lowest BCUT2D eigenvalue weighted by molar-refractivity contribution is -0.161. The van der Waals surface area contributed by atoms with Crippen molar-refractivity contribution in [2.24, 2.45) is 5.92 Å². The summed E-state index contributed by atoms with van der Waals surface area (Å²) in [6, 6.07) is 0. The number of phosphoric acid groups is 1. The van der Waals surface area contributed by atoms with Gasteiger partial charge < -0.3 is 34.6 Å². The molecule has 0 bridgehead atoms. The lowest BCUT2D eigenvalue weighted by atomic mass is 10.0. The molecule has 53 heavy (non-hydrogen) atoms. The second-order valence-electron chi connectivity index (χ2n) is 13.9. The summed E-state index contributed by atoms with van der Waals surface area (Å²) in [6.07, 6.45) is 30.4. The molecule has 306 valence electrons. The second kappa shape index (κ2) is 34.1. The van der Waals surface area contributed by atoms with Gasteiger partial charge in [0.1, 0.15) is 6.61 Å². The summed E-state index contributed by atoms with van der Waals surface area (Å²) in [6.45, 7) is 5.50. The predicted octanol–water partition coefficient (Wildman–Crippen LogP) is 8.50. The van der Waals surface area contributed by atoms with Crippen LogP contribution in [0.4, 0.5) is 0 Å². The van der Waals surface area contributed by atoms with Gasteiger partial charge in [0, 0.05) is 12.8 Å². The molecule has 0 aliphatic carbocycles. The number of phosphoric ester groups is 1. The molecule has 0 fully saturated rings. The molecule has 0 saturated heterocycles. The molecule has 0 aromatic rings. The minimum Gasteiger partial charge on any atom is -0.462 e. The summed E-state index contributed by atoms with van der Waals surface area (Å²) >= 11 is 0. The summed E-state index contributed by atoms with van der Waals surface area (Å²) in [4.78, 5) is 42.8. The number of aliphatic hydroxyl groups excluding tert-OH is 3. The van der Waals surface area contributed by atoms with Crippen molar-refractivity contribution in [3.05, 3.63) is 60.8 Å². The van der Waals surface area contributed by atoms with E-state index in [0.717, 1.165) is 31.6 Å². The summed E-state index contributed by atoms with van der Waals surface area (Å²) in [7, 11) is -4.84. The quantitative estimate of drug-likeness (QED) is 0.0139. The molecule has 11 nitrogen and oxygen atoms in total. The Balaban J connectivity index is 4.30. The maximum Gasteiger partial charge on any atom is 0.469 e. The van der Waals surface area contributed by atoms with Gasteiger partial charge in [0.05, 0.1) is 24.9 Å². The standard InChI is InChI=1S/C41H71O11P/c1-4-5-20-27-36(42)28-22-17-14-15-18-23-29-38(43)39(44)30-25-32-40(45)50-33-37(34-51-53(47,48)49)52-41(46)31-24-19-13-11-9-7-6-8-10-12-16-21-26-35(2)3/h5,14-15,17-18,20,22-23,28-29,35-39,42-44H,4,6-13,16,19,21,24-27,30-34H2,1-3H3,(H2,47,48,49)/b17-14+,18-15-,20-5-,28-22+,29-23-/t36-,37-,38+,39+/m1/s1. The number of esters is 2. The Hall–Kier alpha value is -2.37. The van der Waals surface area contributed by atoms with Crippen LogP contribution in [-0.4, -0.2) is 74.7 Å². The van der Waals surface area contributed by atoms with Crippen LogP contribution in [0.2, 0.25) is 0 Å². The Morgan fingerprint density at radius 2 is 1.17 bits per heavy atom. The molecule has 0 saturated carbocycles. The molecule has 0 aromatic heterocycles. The van der Waals surface area contributed by atoms with Crippen LogP contribution < -0.4 is 0 Å². The highest BCUT2D eigenvalue weighted by molar-refractivity contribution is 7.46. The van der Waals surface area contributed by atoms with Crippen molar-refractivity contribution in [2.75, 3.05) is 13.2 Å². The van der Waals surface area contributed by atoms with Crippen molar-refractivity contribution in [1.82, 2.24) is 0 Å². The average Bonchev–Trinajstić information content (AvgIpc) is 3.10. The Kier molecular flexibility index (Phi) is 32.6. The first-order valence-corrected chi connectivity index (χ1v) is 21.3. The van der Waals surface area contributed by atoms with Crippen molar-refractivity contribution in [1.29, 1.82) is 0 Å². The summed E-state index contributed by atoms with van der Waals surface area (Å²) in [5, 5.41) is 30.2. The number of allylic oxidation sites excluding steroid dienone is 7. The Morgan fingerprint density at radius 3 is 1.74 bits per heavy atom. The maximum atomic E-state index is 12.4. The van der Waals surface area contributed by atoms with Gasteiger partial charge in [0.2, 0.25) is 0 Å². The molecule has 12 heteroatoms. The number of unbranched alkanes of at least 4 members (excludes halogenated alkanes) is 11. The monoisotopic (exact) mass is 770 g/mol. The molecule has 5 N–H and O–H groups in total. The van der Waals surface area contributed by atoms with E-state index in [2.05, 4.69) is 18.4 Å². The van der Waals surface area contributed by atoms with E-state index in [0.29, 0.717) is 12.8 Å². The first-order valence-electron chi connectivity index (χ1n) is 19.8. The molecule has 0 aromatic carbocycles. The van der Waals surface area contributed by atoms with Crippen molar-refractivity contribution in [3.8, 4) is 0 Å². The number of hydrogen-bond acceptors (Lipinski definition) is 9. The summed E-state index contributed by atoms with van der Waals surface area (Å²) in [5.41, 5.74) is 0. The van der Waals surface area contributed by atoms with Crippen LogP contribution in [0.1, 0.15) is 143 Å². The molecule has 0 unspecified atom stereocenters. The minimum atomic E-state index is -4.84. The smallest absolute Gasteiger partial charge is 0.462 e. The van der Waals surface area contributed by atoms with Gasteiger partial charge in [0.15, 0.2) is 6.10 Å². The van der Waals surface area contributed by atoms with Crippen LogP contribution in [-0.2, 0) is 28.2 Å². The fourth-order valence-electron chi connectivity index (χ4n) is 5.25. The normalized spacial score (nSPS) is 15.0. The second-order valence-corrected chi connectivity index (χ2v) is 15.2. The van der Waals surface area contributed by atoms with Gasteiger partial charge >= 0.3 is 19.8 Å². The summed E-state index contributed by atoms with van der Waals surface area (Å²) < 4.78 is 26.1.